The number of aromatic carboxylic acids is 1. The molecule has 0 aliphatic carbocycles. The summed E-state index contributed by atoms with van der Waals surface area (Å²) in [6.07, 6.45) is 3.22. The van der Waals surface area contributed by atoms with Crippen LogP contribution in [0.3, 0.4) is 0 Å². The van der Waals surface area contributed by atoms with E-state index in [2.05, 4.69) is 41.5 Å². The van der Waals surface area contributed by atoms with Crippen molar-refractivity contribution in [2.75, 3.05) is 7.11 Å². The summed E-state index contributed by atoms with van der Waals surface area (Å²) in [5.74, 6) is -0.250. The van der Waals surface area contributed by atoms with Crippen LogP contribution in [0.1, 0.15) is 78.9 Å². The zero-order valence-electron chi connectivity index (χ0n) is 18.3. The Balaban J connectivity index is 2.47. The number of hydrogen-bond acceptors (Lipinski definition) is 3. The maximum absolute atomic E-state index is 12.9. The average molecular weight is 395 g/mol. The molecule has 0 aromatic heterocycles. The van der Waals surface area contributed by atoms with Gasteiger partial charge in [-0.15, -0.1) is 0 Å². The predicted molar refractivity (Wildman–Crippen MR) is 117 cm³/mol. The predicted octanol–water partition coefficient (Wildman–Crippen LogP) is 5.88. The van der Waals surface area contributed by atoms with Crippen LogP contribution in [0.2, 0.25) is 0 Å². The molecular formula is C25H30O4. The lowest BCUT2D eigenvalue weighted by Crippen LogP contribution is -2.20. The van der Waals surface area contributed by atoms with Crippen molar-refractivity contribution in [1.82, 2.24) is 0 Å². The molecule has 0 saturated carbocycles. The lowest BCUT2D eigenvalue weighted by atomic mass is 9.78. The SMILES string of the molecule is COc1c(C(C)(C)C)cc(C(=O)/C=C/c2ccc(C(=O)O)cc2)cc1C(C)(C)C. The minimum atomic E-state index is -0.973. The summed E-state index contributed by atoms with van der Waals surface area (Å²) in [6.45, 7) is 12.6. The van der Waals surface area contributed by atoms with Gasteiger partial charge in [0.15, 0.2) is 5.78 Å². The van der Waals surface area contributed by atoms with Crippen molar-refractivity contribution < 1.29 is 19.4 Å². The maximum atomic E-state index is 12.9. The monoisotopic (exact) mass is 394 g/mol. The molecule has 0 saturated heterocycles. The van der Waals surface area contributed by atoms with Gasteiger partial charge in [0.25, 0.3) is 0 Å². The highest BCUT2D eigenvalue weighted by molar-refractivity contribution is 6.07. The van der Waals surface area contributed by atoms with Crippen LogP contribution in [0.4, 0.5) is 0 Å². The number of rotatable bonds is 5. The van der Waals surface area contributed by atoms with E-state index in [9.17, 15) is 9.59 Å². The quantitative estimate of drug-likeness (QED) is 0.508. The number of hydrogen-bond donors (Lipinski definition) is 1. The molecule has 1 N–H and O–H groups in total. The molecule has 29 heavy (non-hydrogen) atoms. The summed E-state index contributed by atoms with van der Waals surface area (Å²) in [7, 11) is 1.67. The molecular weight excluding hydrogens is 364 g/mol. The van der Waals surface area contributed by atoms with Crippen molar-refractivity contribution in [2.24, 2.45) is 0 Å². The van der Waals surface area contributed by atoms with Crippen LogP contribution in [0.15, 0.2) is 42.5 Å². The number of allylic oxidation sites excluding steroid dienone is 1. The molecule has 0 fully saturated rings. The second-order valence-corrected chi connectivity index (χ2v) is 9.23. The number of carbonyl (C=O) groups excluding carboxylic acids is 1. The number of ketones is 1. The van der Waals surface area contributed by atoms with Crippen molar-refractivity contribution in [2.45, 2.75) is 52.4 Å². The van der Waals surface area contributed by atoms with Crippen LogP contribution < -0.4 is 4.74 Å². The Morgan fingerprint density at radius 2 is 1.34 bits per heavy atom. The molecule has 0 aliphatic rings. The smallest absolute Gasteiger partial charge is 0.335 e. The van der Waals surface area contributed by atoms with Gasteiger partial charge in [-0.2, -0.15) is 0 Å². The molecule has 0 bridgehead atoms. The summed E-state index contributed by atoms with van der Waals surface area (Å²) in [5, 5.41) is 8.99. The zero-order valence-corrected chi connectivity index (χ0v) is 18.3. The molecule has 4 nitrogen and oxygen atoms in total. The van der Waals surface area contributed by atoms with E-state index in [1.807, 2.05) is 12.1 Å². The molecule has 0 unspecified atom stereocenters. The molecule has 4 heteroatoms. The summed E-state index contributed by atoms with van der Waals surface area (Å²) in [5.41, 5.74) is 3.22. The summed E-state index contributed by atoms with van der Waals surface area (Å²) >= 11 is 0. The van der Waals surface area contributed by atoms with Crippen molar-refractivity contribution >= 4 is 17.8 Å². The Morgan fingerprint density at radius 3 is 1.72 bits per heavy atom. The number of carboxylic acids is 1. The van der Waals surface area contributed by atoms with Crippen molar-refractivity contribution in [3.63, 3.8) is 0 Å². The number of carboxylic acid groups (broad SMARTS) is 1. The Labute approximate surface area is 173 Å². The highest BCUT2D eigenvalue weighted by atomic mass is 16.5. The summed E-state index contributed by atoms with van der Waals surface area (Å²) in [6, 6.07) is 10.2. The van der Waals surface area contributed by atoms with Crippen LogP contribution in [-0.4, -0.2) is 24.0 Å². The third-order valence-corrected chi connectivity index (χ3v) is 4.78. The Morgan fingerprint density at radius 1 is 0.862 bits per heavy atom. The maximum Gasteiger partial charge on any atom is 0.335 e. The van der Waals surface area contributed by atoms with Gasteiger partial charge in [-0.05, 0) is 46.7 Å². The number of benzene rings is 2. The lowest BCUT2D eigenvalue weighted by molar-refractivity contribution is 0.0696. The minimum absolute atomic E-state index is 0.106. The van der Waals surface area contributed by atoms with Gasteiger partial charge >= 0.3 is 5.97 Å². The molecule has 0 heterocycles. The standard InChI is InChI=1S/C25H30O4/c1-24(2,3)19-14-18(15-20(22(19)29-7)25(4,5)6)21(26)13-10-16-8-11-17(12-9-16)23(27)28/h8-15H,1-7H3,(H,27,28)/b13-10+. The van der Waals surface area contributed by atoms with Crippen LogP contribution in [-0.2, 0) is 10.8 Å². The molecule has 2 rings (SSSR count). The second-order valence-electron chi connectivity index (χ2n) is 9.23. The molecule has 2 aromatic rings. The van der Waals surface area contributed by atoms with Gasteiger partial charge in [-0.1, -0.05) is 59.8 Å². The first kappa shape index (κ1) is 22.4. The van der Waals surface area contributed by atoms with Gasteiger partial charge in [0.05, 0.1) is 12.7 Å². The van der Waals surface area contributed by atoms with E-state index in [-0.39, 0.29) is 22.2 Å². The molecule has 0 amide bonds. The van der Waals surface area contributed by atoms with Gasteiger partial charge in [0, 0.05) is 16.7 Å². The number of carbonyl (C=O) groups is 2. The zero-order chi connectivity index (χ0) is 22.0. The van der Waals surface area contributed by atoms with Crippen molar-refractivity contribution in [3.8, 4) is 5.75 Å². The number of methoxy groups -OCH3 is 1. The van der Waals surface area contributed by atoms with Crippen molar-refractivity contribution in [3.05, 3.63) is 70.3 Å². The fraction of sp³-hybridized carbons (Fsp3) is 0.360. The minimum Gasteiger partial charge on any atom is -0.496 e. The van der Waals surface area contributed by atoms with E-state index in [0.717, 1.165) is 22.4 Å². The largest absolute Gasteiger partial charge is 0.496 e. The van der Waals surface area contributed by atoms with E-state index < -0.39 is 5.97 Å². The van der Waals surface area contributed by atoms with Crippen LogP contribution in [0.25, 0.3) is 6.08 Å². The van der Waals surface area contributed by atoms with Gasteiger partial charge < -0.3 is 9.84 Å². The third-order valence-electron chi connectivity index (χ3n) is 4.78. The van der Waals surface area contributed by atoms with E-state index >= 15 is 0 Å². The first-order valence-corrected chi connectivity index (χ1v) is 9.63. The highest BCUT2D eigenvalue weighted by Crippen LogP contribution is 2.40. The second kappa shape index (κ2) is 8.24. The van der Waals surface area contributed by atoms with Crippen molar-refractivity contribution in [1.29, 1.82) is 0 Å². The van der Waals surface area contributed by atoms with E-state index in [1.54, 1.807) is 25.3 Å². The lowest BCUT2D eigenvalue weighted by Gasteiger charge is -2.29. The summed E-state index contributed by atoms with van der Waals surface area (Å²) in [4.78, 5) is 23.9. The fourth-order valence-electron chi connectivity index (χ4n) is 3.11. The van der Waals surface area contributed by atoms with Gasteiger partial charge in [0.1, 0.15) is 5.75 Å². The summed E-state index contributed by atoms with van der Waals surface area (Å²) < 4.78 is 5.75. The molecule has 0 radical (unpaired) electrons. The van der Waals surface area contributed by atoms with Crippen LogP contribution in [0, 0.1) is 0 Å². The van der Waals surface area contributed by atoms with E-state index in [0.29, 0.717) is 5.56 Å². The first-order valence-electron chi connectivity index (χ1n) is 9.63. The molecule has 2 aromatic carbocycles. The van der Waals surface area contributed by atoms with Crippen LogP contribution in [0.5, 0.6) is 5.75 Å². The fourth-order valence-corrected chi connectivity index (χ4v) is 3.11. The third kappa shape index (κ3) is 5.35. The normalized spacial score (nSPS) is 12.2. The topological polar surface area (TPSA) is 63.6 Å². The molecule has 0 spiro atoms. The Bertz CT molecular complexity index is 901. The van der Waals surface area contributed by atoms with Gasteiger partial charge in [-0.25, -0.2) is 4.79 Å². The van der Waals surface area contributed by atoms with E-state index in [4.69, 9.17) is 9.84 Å². The first-order chi connectivity index (χ1) is 13.3. The molecule has 154 valence electrons. The average Bonchev–Trinajstić information content (AvgIpc) is 2.63. The Kier molecular flexibility index (Phi) is 6.37. The Hall–Kier alpha value is -2.88. The van der Waals surface area contributed by atoms with E-state index in [1.165, 1.54) is 18.2 Å². The van der Waals surface area contributed by atoms with Gasteiger partial charge in [0.2, 0.25) is 0 Å². The van der Waals surface area contributed by atoms with Gasteiger partial charge in [-0.3, -0.25) is 4.79 Å². The number of ether oxygens (including phenoxy) is 1. The molecule has 0 aliphatic heterocycles. The van der Waals surface area contributed by atoms with Crippen LogP contribution >= 0.6 is 0 Å². The molecule has 0 atom stereocenters. The highest BCUT2D eigenvalue weighted by Gasteiger charge is 2.28.